The average Bonchev–Trinajstić information content (AvgIpc) is 3.70. The zero-order valence-electron chi connectivity index (χ0n) is 25.0. The largest absolute Gasteiger partial charge is 0.469 e. The van der Waals surface area contributed by atoms with E-state index in [9.17, 15) is 9.59 Å². The van der Waals surface area contributed by atoms with Crippen molar-refractivity contribution in [2.45, 2.75) is 73.6 Å². The van der Waals surface area contributed by atoms with Crippen molar-refractivity contribution in [1.29, 1.82) is 0 Å². The zero-order chi connectivity index (χ0) is 29.2. The van der Waals surface area contributed by atoms with E-state index in [1.165, 1.54) is 29.4 Å². The smallest absolute Gasteiger partial charge is 0.305 e. The Morgan fingerprint density at radius 2 is 1.39 bits per heavy atom. The Morgan fingerprint density at radius 3 is 2.10 bits per heavy atom. The van der Waals surface area contributed by atoms with Gasteiger partial charge in [0.05, 0.1) is 12.5 Å². The number of nitrogens with one attached hydrogen (secondary N) is 4. The van der Waals surface area contributed by atoms with Crippen molar-refractivity contribution in [1.82, 2.24) is 19.9 Å². The molecule has 0 saturated heterocycles. The molecule has 4 aromatic heterocycles. The van der Waals surface area contributed by atoms with Gasteiger partial charge in [0.2, 0.25) is 0 Å². The lowest BCUT2D eigenvalue weighted by atomic mass is 9.99. The van der Waals surface area contributed by atoms with E-state index in [0.717, 1.165) is 84.8 Å². The van der Waals surface area contributed by atoms with Crippen LogP contribution in [0.1, 0.15) is 98.8 Å². The van der Waals surface area contributed by atoms with Gasteiger partial charge in [-0.05, 0) is 104 Å². The Kier molecular flexibility index (Phi) is 6.56. The molecule has 6 rings (SSSR count). The summed E-state index contributed by atoms with van der Waals surface area (Å²) >= 11 is 0. The van der Waals surface area contributed by atoms with Gasteiger partial charge in [0.15, 0.2) is 5.78 Å². The molecule has 1 aliphatic carbocycles. The van der Waals surface area contributed by atoms with E-state index in [2.05, 4.69) is 72.8 Å². The van der Waals surface area contributed by atoms with Crippen LogP contribution in [-0.4, -0.2) is 38.8 Å². The summed E-state index contributed by atoms with van der Waals surface area (Å²) in [4.78, 5) is 40.3. The van der Waals surface area contributed by atoms with Gasteiger partial charge in [0, 0.05) is 62.8 Å². The lowest BCUT2D eigenvalue weighted by molar-refractivity contribution is -0.140. The maximum absolute atomic E-state index is 13.4. The van der Waals surface area contributed by atoms with E-state index >= 15 is 0 Å². The Balaban J connectivity index is 1.75. The lowest BCUT2D eigenvalue weighted by Crippen LogP contribution is -2.14. The molecule has 0 fully saturated rings. The van der Waals surface area contributed by atoms with Crippen LogP contribution in [-0.2, 0) is 28.8 Å². The number of methoxy groups -OCH3 is 1. The Bertz CT molecular complexity index is 2010. The number of aromatic nitrogens is 4. The SMILES string of the molecule is CCc1c2[nH]c(c1C)C=c1[nH]c(c(C)c1CC)=Cc1[nH]c(c(CCC(=O)OC)c1C)C1=c3[nH]c(c(C)c3C(=O)C1)=C2. The van der Waals surface area contributed by atoms with E-state index in [-0.39, 0.29) is 18.2 Å². The standard InChI is InChI=1S/C34H38N4O3/c1-8-20-16(3)24-13-26-18(5)22(10-11-31(40)41-7)33(37-26)23-12-30(39)32-19(6)27(38-34(23)32)15-29-21(9-2)17(4)25(36-29)14-28(20)35-24/h13-15,35-38H,8-12H2,1-7H3. The van der Waals surface area contributed by atoms with Crippen molar-refractivity contribution in [2.24, 2.45) is 0 Å². The third-order valence-corrected chi connectivity index (χ3v) is 9.21. The number of H-pyrrole nitrogens is 4. The summed E-state index contributed by atoms with van der Waals surface area (Å²) in [6, 6.07) is 0. The molecular formula is C34H38N4O3. The monoisotopic (exact) mass is 550 g/mol. The maximum Gasteiger partial charge on any atom is 0.305 e. The van der Waals surface area contributed by atoms with Crippen molar-refractivity contribution < 1.29 is 14.3 Å². The van der Waals surface area contributed by atoms with E-state index in [4.69, 9.17) is 4.74 Å². The molecule has 41 heavy (non-hydrogen) atoms. The summed E-state index contributed by atoms with van der Waals surface area (Å²) < 4.78 is 4.96. The molecule has 4 N–H and O–H groups in total. The van der Waals surface area contributed by atoms with Gasteiger partial charge in [-0.15, -0.1) is 0 Å². The molecule has 0 amide bonds. The predicted molar refractivity (Wildman–Crippen MR) is 162 cm³/mol. The predicted octanol–water partition coefficient (Wildman–Crippen LogP) is 3.05. The van der Waals surface area contributed by atoms with Crippen LogP contribution < -0.4 is 21.4 Å². The normalized spacial score (nSPS) is 13.7. The summed E-state index contributed by atoms with van der Waals surface area (Å²) in [5, 5.41) is 3.97. The average molecular weight is 551 g/mol. The van der Waals surface area contributed by atoms with Crippen LogP contribution in [0, 0.1) is 27.7 Å². The highest BCUT2D eigenvalue weighted by Gasteiger charge is 2.29. The number of hydrogen-bond donors (Lipinski definition) is 4. The second-order valence-electron chi connectivity index (χ2n) is 11.3. The van der Waals surface area contributed by atoms with Crippen LogP contribution >= 0.6 is 0 Å². The fraction of sp³-hybridized carbons (Fsp3) is 0.353. The van der Waals surface area contributed by atoms with Gasteiger partial charge in [-0.2, -0.15) is 0 Å². The van der Waals surface area contributed by atoms with Crippen LogP contribution in [0.25, 0.3) is 23.8 Å². The first-order valence-corrected chi connectivity index (χ1v) is 14.5. The first-order valence-electron chi connectivity index (χ1n) is 14.5. The Labute approximate surface area is 239 Å². The fourth-order valence-corrected chi connectivity index (χ4v) is 6.82. The number of ketones is 1. The molecule has 2 aliphatic rings. The summed E-state index contributed by atoms with van der Waals surface area (Å²) in [5.41, 5.74) is 13.9. The quantitative estimate of drug-likeness (QED) is 0.287. The van der Waals surface area contributed by atoms with Crippen LogP contribution in [0.15, 0.2) is 0 Å². The van der Waals surface area contributed by atoms with Gasteiger partial charge in [-0.25, -0.2) is 0 Å². The van der Waals surface area contributed by atoms with Gasteiger partial charge in [-0.1, -0.05) is 13.8 Å². The second-order valence-corrected chi connectivity index (χ2v) is 11.3. The Morgan fingerprint density at radius 1 is 0.756 bits per heavy atom. The number of carbonyl (C=O) groups excluding carboxylic acids is 2. The molecule has 8 bridgehead atoms. The van der Waals surface area contributed by atoms with Crippen molar-refractivity contribution in [3.63, 3.8) is 0 Å². The highest BCUT2D eigenvalue weighted by atomic mass is 16.5. The van der Waals surface area contributed by atoms with Crippen molar-refractivity contribution >= 4 is 35.6 Å². The molecule has 0 atom stereocenters. The van der Waals surface area contributed by atoms with Gasteiger partial charge >= 0.3 is 5.97 Å². The van der Waals surface area contributed by atoms with Gasteiger partial charge in [0.1, 0.15) is 0 Å². The summed E-state index contributed by atoms with van der Waals surface area (Å²) in [6.45, 7) is 12.8. The molecule has 7 heteroatoms. The molecular weight excluding hydrogens is 512 g/mol. The van der Waals surface area contributed by atoms with Crippen LogP contribution in [0.3, 0.4) is 0 Å². The topological polar surface area (TPSA) is 107 Å². The van der Waals surface area contributed by atoms with Crippen LogP contribution in [0.2, 0.25) is 0 Å². The maximum atomic E-state index is 13.4. The first-order chi connectivity index (χ1) is 19.7. The molecule has 0 spiro atoms. The molecule has 4 aromatic rings. The van der Waals surface area contributed by atoms with E-state index in [1.54, 1.807) is 0 Å². The summed E-state index contributed by atoms with van der Waals surface area (Å²) in [6.07, 6.45) is 9.47. The number of hydrogen-bond acceptors (Lipinski definition) is 3. The number of esters is 1. The number of aromatic amines is 4. The minimum atomic E-state index is -0.249. The molecule has 7 nitrogen and oxygen atoms in total. The third kappa shape index (κ3) is 4.17. The first kappa shape index (κ1) is 26.9. The van der Waals surface area contributed by atoms with Gasteiger partial charge in [0.25, 0.3) is 0 Å². The highest BCUT2D eigenvalue weighted by molar-refractivity contribution is 6.08. The zero-order valence-corrected chi connectivity index (χ0v) is 25.0. The fourth-order valence-electron chi connectivity index (χ4n) is 6.82. The summed E-state index contributed by atoms with van der Waals surface area (Å²) in [5.74, 6) is -0.132. The number of carbonyl (C=O) groups is 2. The third-order valence-electron chi connectivity index (χ3n) is 9.21. The number of ether oxygens (including phenoxy) is 1. The van der Waals surface area contributed by atoms with E-state index in [1.807, 2.05) is 6.92 Å². The van der Waals surface area contributed by atoms with Crippen LogP contribution in [0.5, 0.6) is 0 Å². The minimum Gasteiger partial charge on any atom is -0.469 e. The lowest BCUT2D eigenvalue weighted by Gasteiger charge is -2.06. The minimum absolute atomic E-state index is 0.117. The molecule has 0 saturated carbocycles. The number of fused-ring (bicyclic) bond motifs is 8. The Hall–Kier alpha value is -4.26. The number of rotatable bonds is 5. The van der Waals surface area contributed by atoms with Crippen molar-refractivity contribution in [3.05, 3.63) is 88.7 Å². The highest BCUT2D eigenvalue weighted by Crippen LogP contribution is 2.31. The molecule has 0 radical (unpaired) electrons. The number of Topliss-reactive ketones (excluding diaryl/α,β-unsaturated/α-hetero) is 1. The summed E-state index contributed by atoms with van der Waals surface area (Å²) in [7, 11) is 1.42. The molecule has 0 aromatic carbocycles. The van der Waals surface area contributed by atoms with E-state index in [0.29, 0.717) is 12.8 Å². The van der Waals surface area contributed by atoms with Gasteiger partial charge in [-0.3, -0.25) is 9.59 Å². The second kappa shape index (κ2) is 9.98. The van der Waals surface area contributed by atoms with E-state index < -0.39 is 0 Å². The van der Waals surface area contributed by atoms with Crippen molar-refractivity contribution in [2.75, 3.05) is 7.11 Å². The van der Waals surface area contributed by atoms with Gasteiger partial charge < -0.3 is 24.7 Å². The molecule has 5 heterocycles. The molecule has 1 aliphatic heterocycles. The molecule has 0 unspecified atom stereocenters. The van der Waals surface area contributed by atoms with Crippen molar-refractivity contribution in [3.8, 4) is 0 Å². The van der Waals surface area contributed by atoms with Crippen LogP contribution in [0.4, 0.5) is 0 Å². The molecule has 212 valence electrons.